The van der Waals surface area contributed by atoms with Crippen LogP contribution in [0, 0.1) is 17.0 Å². The highest BCUT2D eigenvalue weighted by Gasteiger charge is 2.42. The molecule has 11 nitrogen and oxygen atoms in total. The first-order valence-corrected chi connectivity index (χ1v) is 13.0. The van der Waals surface area contributed by atoms with Crippen molar-refractivity contribution in [2.75, 3.05) is 31.0 Å². The van der Waals surface area contributed by atoms with Gasteiger partial charge in [0.25, 0.3) is 5.69 Å². The van der Waals surface area contributed by atoms with Crippen LogP contribution in [0.15, 0.2) is 77.3 Å². The van der Waals surface area contributed by atoms with Crippen LogP contribution in [0.1, 0.15) is 29.1 Å². The summed E-state index contributed by atoms with van der Waals surface area (Å²) in [5.41, 5.74) is 3.56. The summed E-state index contributed by atoms with van der Waals surface area (Å²) in [7, 11) is 2.92. The van der Waals surface area contributed by atoms with Gasteiger partial charge in [-0.25, -0.2) is 0 Å². The topological polar surface area (TPSA) is 132 Å². The number of carbonyl (C=O) groups is 1. The molecule has 3 heterocycles. The van der Waals surface area contributed by atoms with Gasteiger partial charge in [0.05, 0.1) is 35.4 Å². The van der Waals surface area contributed by atoms with Crippen LogP contribution in [0.5, 0.6) is 5.75 Å². The molecule has 1 saturated heterocycles. The number of nitro groups is 1. The summed E-state index contributed by atoms with van der Waals surface area (Å²) in [4.78, 5) is 29.4. The molecule has 1 fully saturated rings. The van der Waals surface area contributed by atoms with E-state index >= 15 is 0 Å². The maximum atomic E-state index is 12.1. The molecule has 1 amide bonds. The number of non-ortho nitro benzene ring substituents is 1. The number of thiocarbonyl (C=S) groups is 1. The molecule has 2 aromatic carbocycles. The Kier molecular flexibility index (Phi) is 7.95. The van der Waals surface area contributed by atoms with Crippen molar-refractivity contribution in [1.29, 1.82) is 0 Å². The Morgan fingerprint density at radius 1 is 1.17 bits per heavy atom. The second-order valence-electron chi connectivity index (χ2n) is 9.32. The zero-order valence-corrected chi connectivity index (χ0v) is 23.3. The lowest BCUT2D eigenvalue weighted by molar-refractivity contribution is -0.384. The highest BCUT2D eigenvalue weighted by Crippen LogP contribution is 2.44. The molecule has 0 radical (unpaired) electrons. The number of anilines is 2. The Balaban J connectivity index is 1.55. The summed E-state index contributed by atoms with van der Waals surface area (Å²) in [5, 5.41) is 18.0. The van der Waals surface area contributed by atoms with Gasteiger partial charge < -0.3 is 29.4 Å². The lowest BCUT2D eigenvalue weighted by Gasteiger charge is -2.27. The summed E-state index contributed by atoms with van der Waals surface area (Å²) in [6, 6.07) is 18.6. The molecule has 41 heavy (non-hydrogen) atoms. The van der Waals surface area contributed by atoms with E-state index in [4.69, 9.17) is 26.1 Å². The first-order chi connectivity index (χ1) is 19.8. The number of furan rings is 1. The number of amides is 1. The molecule has 5 rings (SSSR count). The minimum Gasteiger partial charge on any atom is -0.496 e. The summed E-state index contributed by atoms with van der Waals surface area (Å²) in [6.45, 7) is 1.85. The maximum absolute atomic E-state index is 12.1. The van der Waals surface area contributed by atoms with Crippen molar-refractivity contribution >= 4 is 40.3 Å². The molecule has 2 aromatic heterocycles. The largest absolute Gasteiger partial charge is 0.496 e. The van der Waals surface area contributed by atoms with Gasteiger partial charge in [0, 0.05) is 30.7 Å². The fourth-order valence-corrected chi connectivity index (χ4v) is 5.18. The maximum Gasteiger partial charge on any atom is 0.273 e. The van der Waals surface area contributed by atoms with Crippen molar-refractivity contribution in [2.24, 2.45) is 0 Å². The van der Waals surface area contributed by atoms with E-state index in [0.29, 0.717) is 33.6 Å². The van der Waals surface area contributed by atoms with Crippen LogP contribution in [0.3, 0.4) is 0 Å². The van der Waals surface area contributed by atoms with Crippen LogP contribution >= 0.6 is 12.2 Å². The molecule has 0 aliphatic carbocycles. The van der Waals surface area contributed by atoms with Crippen molar-refractivity contribution in [3.63, 3.8) is 0 Å². The number of hydrogen-bond donors (Lipinski definition) is 2. The van der Waals surface area contributed by atoms with Crippen LogP contribution in [0.4, 0.5) is 17.1 Å². The van der Waals surface area contributed by atoms with Crippen molar-refractivity contribution in [1.82, 2.24) is 10.3 Å². The normalized spacial score (nSPS) is 16.4. The van der Waals surface area contributed by atoms with Gasteiger partial charge in [-0.3, -0.25) is 19.9 Å². The smallest absolute Gasteiger partial charge is 0.273 e. The average Bonchev–Trinajstić information content (AvgIpc) is 3.59. The number of aromatic nitrogens is 1. The van der Waals surface area contributed by atoms with Gasteiger partial charge in [0.2, 0.25) is 5.91 Å². The predicted molar refractivity (Wildman–Crippen MR) is 157 cm³/mol. The van der Waals surface area contributed by atoms with Crippen molar-refractivity contribution in [3.05, 3.63) is 100 Å². The highest BCUT2D eigenvalue weighted by atomic mass is 32.1. The van der Waals surface area contributed by atoms with Crippen molar-refractivity contribution < 1.29 is 23.6 Å². The Morgan fingerprint density at radius 2 is 2.00 bits per heavy atom. The first-order valence-electron chi connectivity index (χ1n) is 12.6. The summed E-state index contributed by atoms with van der Waals surface area (Å²) in [6.07, 6.45) is 1.72. The number of nitrogens with zero attached hydrogens (tertiary/aromatic N) is 3. The van der Waals surface area contributed by atoms with Gasteiger partial charge in [0.15, 0.2) is 5.11 Å². The van der Waals surface area contributed by atoms with E-state index in [1.807, 2.05) is 54.3 Å². The molecule has 0 saturated carbocycles. The minimum absolute atomic E-state index is 0.0461. The zero-order chi connectivity index (χ0) is 29.1. The molecule has 2 N–H and O–H groups in total. The lowest BCUT2D eigenvalue weighted by Crippen LogP contribution is -2.29. The van der Waals surface area contributed by atoms with E-state index < -0.39 is 11.0 Å². The standard InChI is InChI=1S/C29H27N5O6S/c1-17-14-18(8-10-21(17)31-26(35)16-38-2)33-28(27(32-29(33)41)22-6-4-5-13-30-22)24-12-11-23(40-24)20-9-7-19(34(36)37)15-25(20)39-3/h4-15,27-28H,16H2,1-3H3,(H,31,35)(H,32,41)/t27-,28-/m1/s1. The molecule has 210 valence electrons. The second kappa shape index (κ2) is 11.7. The van der Waals surface area contributed by atoms with Crippen molar-refractivity contribution in [2.45, 2.75) is 19.0 Å². The number of nitrogens with one attached hydrogen (secondary N) is 2. The number of nitro benzene ring substituents is 1. The van der Waals surface area contributed by atoms with Gasteiger partial charge >= 0.3 is 0 Å². The van der Waals surface area contributed by atoms with Gasteiger partial charge in [-0.15, -0.1) is 0 Å². The number of methoxy groups -OCH3 is 2. The summed E-state index contributed by atoms with van der Waals surface area (Å²) >= 11 is 5.81. The molecule has 0 bridgehead atoms. The zero-order valence-electron chi connectivity index (χ0n) is 22.5. The molecule has 1 aliphatic rings. The van der Waals surface area contributed by atoms with E-state index in [0.717, 1.165) is 16.9 Å². The molecule has 0 spiro atoms. The molecule has 12 heteroatoms. The van der Waals surface area contributed by atoms with Crippen LogP contribution < -0.4 is 20.3 Å². The van der Waals surface area contributed by atoms with Gasteiger partial charge in [-0.1, -0.05) is 6.07 Å². The van der Waals surface area contributed by atoms with Crippen LogP contribution in [-0.2, 0) is 9.53 Å². The third-order valence-electron chi connectivity index (χ3n) is 6.72. The number of ether oxygens (including phenoxy) is 2. The van der Waals surface area contributed by atoms with Crippen molar-refractivity contribution in [3.8, 4) is 17.1 Å². The molecular formula is C29H27N5O6S. The Morgan fingerprint density at radius 3 is 2.68 bits per heavy atom. The van der Waals surface area contributed by atoms with E-state index in [-0.39, 0.29) is 24.2 Å². The molecule has 2 atom stereocenters. The van der Waals surface area contributed by atoms with Gasteiger partial charge in [-0.05, 0) is 73.2 Å². The SMILES string of the molecule is COCC(=O)Nc1ccc(N2C(=S)N[C@H](c3ccccn3)[C@H]2c2ccc(-c3ccc([N+](=O)[O-])cc3OC)o2)cc1C. The molecule has 1 aliphatic heterocycles. The van der Waals surface area contributed by atoms with Crippen LogP contribution in [0.2, 0.25) is 0 Å². The molecular weight excluding hydrogens is 546 g/mol. The Bertz CT molecular complexity index is 1610. The predicted octanol–water partition coefficient (Wildman–Crippen LogP) is 5.33. The number of rotatable bonds is 9. The molecule has 0 unspecified atom stereocenters. The fraction of sp³-hybridized carbons (Fsp3) is 0.207. The second-order valence-corrected chi connectivity index (χ2v) is 9.71. The van der Waals surface area contributed by atoms with Crippen LogP contribution in [-0.4, -0.2) is 41.8 Å². The lowest BCUT2D eigenvalue weighted by atomic mass is 10.0. The quantitative estimate of drug-likeness (QED) is 0.154. The Hall–Kier alpha value is -4.81. The fourth-order valence-electron chi connectivity index (χ4n) is 4.83. The van der Waals surface area contributed by atoms with Crippen LogP contribution in [0.25, 0.3) is 11.3 Å². The van der Waals surface area contributed by atoms with Gasteiger partial charge in [-0.2, -0.15) is 0 Å². The number of benzene rings is 2. The van der Waals surface area contributed by atoms with E-state index in [9.17, 15) is 14.9 Å². The third-order valence-corrected chi connectivity index (χ3v) is 7.03. The minimum atomic E-state index is -0.476. The van der Waals surface area contributed by atoms with Gasteiger partial charge in [0.1, 0.15) is 29.9 Å². The number of carbonyl (C=O) groups excluding carboxylic acids is 1. The van der Waals surface area contributed by atoms with E-state index in [1.54, 1.807) is 18.3 Å². The molecule has 4 aromatic rings. The number of aryl methyl sites for hydroxylation is 1. The number of hydrogen-bond acceptors (Lipinski definition) is 8. The Labute approximate surface area is 241 Å². The summed E-state index contributed by atoms with van der Waals surface area (Å²) < 4.78 is 16.7. The van der Waals surface area contributed by atoms with E-state index in [2.05, 4.69) is 15.6 Å². The van der Waals surface area contributed by atoms with E-state index in [1.165, 1.54) is 26.4 Å². The number of pyridine rings is 1. The average molecular weight is 574 g/mol. The third kappa shape index (κ3) is 5.60. The highest BCUT2D eigenvalue weighted by molar-refractivity contribution is 7.80. The first kappa shape index (κ1) is 27.7. The monoisotopic (exact) mass is 573 g/mol. The summed E-state index contributed by atoms with van der Waals surface area (Å²) in [5.74, 6) is 1.15.